The Labute approximate surface area is 144 Å². The van der Waals surface area contributed by atoms with Crippen molar-refractivity contribution in [2.75, 3.05) is 11.9 Å². The molecule has 2 aromatic carbocycles. The zero-order valence-corrected chi connectivity index (χ0v) is 15.2. The van der Waals surface area contributed by atoms with Gasteiger partial charge in [-0.15, -0.1) is 0 Å². The van der Waals surface area contributed by atoms with Crippen LogP contribution in [-0.2, 0) is 0 Å². The van der Waals surface area contributed by atoms with E-state index >= 15 is 0 Å². The third-order valence-electron chi connectivity index (χ3n) is 4.33. The molecule has 0 N–H and O–H groups in total. The van der Waals surface area contributed by atoms with Crippen LogP contribution in [0.1, 0.15) is 27.2 Å². The first-order valence-corrected chi connectivity index (χ1v) is 8.22. The first kappa shape index (κ1) is 15.8. The Morgan fingerprint density at radius 2 is 1.83 bits per heavy atom. The molecule has 23 heavy (non-hydrogen) atoms. The van der Waals surface area contributed by atoms with Gasteiger partial charge in [-0.2, -0.15) is 0 Å². The second kappa shape index (κ2) is 5.85. The number of anilines is 1. The van der Waals surface area contributed by atoms with E-state index in [9.17, 15) is 4.79 Å². The summed E-state index contributed by atoms with van der Waals surface area (Å²) >= 11 is 3.46. The maximum Gasteiger partial charge on any atom is 0.294 e. The summed E-state index contributed by atoms with van der Waals surface area (Å²) in [6, 6.07) is 11.7. The van der Waals surface area contributed by atoms with Crippen molar-refractivity contribution in [3.63, 3.8) is 0 Å². The van der Waals surface area contributed by atoms with E-state index in [1.165, 1.54) is 0 Å². The van der Waals surface area contributed by atoms with E-state index in [-0.39, 0.29) is 5.91 Å². The maximum atomic E-state index is 12.9. The SMILES string of the molecule is Cc1cccc(N(C)C(=O)c2oc3ccc(Br)cc3c2C)c1C. The highest BCUT2D eigenvalue weighted by molar-refractivity contribution is 9.10. The highest BCUT2D eigenvalue weighted by Crippen LogP contribution is 2.30. The van der Waals surface area contributed by atoms with Crippen LogP contribution in [0, 0.1) is 20.8 Å². The van der Waals surface area contributed by atoms with Crippen LogP contribution in [-0.4, -0.2) is 13.0 Å². The van der Waals surface area contributed by atoms with Gasteiger partial charge in [0.25, 0.3) is 5.91 Å². The van der Waals surface area contributed by atoms with Gasteiger partial charge in [-0.3, -0.25) is 4.79 Å². The van der Waals surface area contributed by atoms with Gasteiger partial charge in [-0.25, -0.2) is 0 Å². The summed E-state index contributed by atoms with van der Waals surface area (Å²) in [4.78, 5) is 14.6. The number of carbonyl (C=O) groups excluding carboxylic acids is 1. The Morgan fingerprint density at radius 3 is 2.57 bits per heavy atom. The van der Waals surface area contributed by atoms with Crippen LogP contribution < -0.4 is 4.90 Å². The van der Waals surface area contributed by atoms with Crippen molar-refractivity contribution < 1.29 is 9.21 Å². The molecule has 0 radical (unpaired) electrons. The van der Waals surface area contributed by atoms with Gasteiger partial charge in [0.2, 0.25) is 0 Å². The Balaban J connectivity index is 2.06. The number of hydrogen-bond donors (Lipinski definition) is 0. The molecule has 0 bridgehead atoms. The van der Waals surface area contributed by atoms with Crippen LogP contribution in [0.15, 0.2) is 45.3 Å². The Hall–Kier alpha value is -2.07. The molecule has 3 nitrogen and oxygen atoms in total. The molecule has 0 aliphatic rings. The Bertz CT molecular complexity index is 911. The molecule has 0 saturated heterocycles. The molecule has 0 spiro atoms. The molecular formula is C19H18BrNO2. The molecule has 1 amide bonds. The predicted octanol–water partition coefficient (Wildman–Crippen LogP) is 5.40. The summed E-state index contributed by atoms with van der Waals surface area (Å²) in [6.45, 7) is 5.99. The first-order valence-electron chi connectivity index (χ1n) is 7.43. The predicted molar refractivity (Wildman–Crippen MR) is 97.3 cm³/mol. The van der Waals surface area contributed by atoms with Gasteiger partial charge in [0, 0.05) is 28.2 Å². The van der Waals surface area contributed by atoms with Gasteiger partial charge >= 0.3 is 0 Å². The van der Waals surface area contributed by atoms with Crippen LogP contribution in [0.5, 0.6) is 0 Å². The number of furan rings is 1. The van der Waals surface area contributed by atoms with Crippen LogP contribution in [0.25, 0.3) is 11.0 Å². The molecule has 0 fully saturated rings. The normalized spacial score (nSPS) is 11.0. The number of aryl methyl sites for hydroxylation is 2. The Kier molecular flexibility index (Phi) is 4.02. The molecule has 0 aliphatic heterocycles. The molecule has 3 aromatic rings. The summed E-state index contributed by atoms with van der Waals surface area (Å²) in [5.74, 6) is 0.255. The number of rotatable bonds is 2. The van der Waals surface area contributed by atoms with Crippen molar-refractivity contribution in [2.45, 2.75) is 20.8 Å². The second-order valence-corrected chi connectivity index (χ2v) is 6.70. The summed E-state index contributed by atoms with van der Waals surface area (Å²) in [5.41, 5.74) is 4.75. The fraction of sp³-hybridized carbons (Fsp3) is 0.211. The monoisotopic (exact) mass is 371 g/mol. The highest BCUT2D eigenvalue weighted by atomic mass is 79.9. The standard InChI is InChI=1S/C19H18BrNO2/c1-11-6-5-7-16(12(11)2)21(4)19(22)18-13(3)15-10-14(20)8-9-17(15)23-18/h5-10H,1-4H3. The molecule has 4 heteroatoms. The number of hydrogen-bond acceptors (Lipinski definition) is 2. The molecule has 118 valence electrons. The zero-order chi connectivity index (χ0) is 16.7. The average Bonchev–Trinajstić information content (AvgIpc) is 2.85. The lowest BCUT2D eigenvalue weighted by Crippen LogP contribution is -2.27. The smallest absolute Gasteiger partial charge is 0.294 e. The lowest BCUT2D eigenvalue weighted by Gasteiger charge is -2.19. The molecule has 0 atom stereocenters. The number of amides is 1. The molecule has 0 saturated carbocycles. The van der Waals surface area contributed by atoms with E-state index < -0.39 is 0 Å². The fourth-order valence-corrected chi connectivity index (χ4v) is 3.12. The lowest BCUT2D eigenvalue weighted by molar-refractivity contribution is 0.0967. The molecule has 3 rings (SSSR count). The number of nitrogens with zero attached hydrogens (tertiary/aromatic N) is 1. The fourth-order valence-electron chi connectivity index (χ4n) is 2.76. The third-order valence-corrected chi connectivity index (χ3v) is 4.83. The van der Waals surface area contributed by atoms with E-state index in [1.807, 2.05) is 57.2 Å². The van der Waals surface area contributed by atoms with Crippen LogP contribution in [0.3, 0.4) is 0 Å². The van der Waals surface area contributed by atoms with Crippen LogP contribution >= 0.6 is 15.9 Å². The van der Waals surface area contributed by atoms with Crippen molar-refractivity contribution in [1.82, 2.24) is 0 Å². The van der Waals surface area contributed by atoms with Gasteiger partial charge in [-0.05, 0) is 56.2 Å². The van der Waals surface area contributed by atoms with E-state index in [2.05, 4.69) is 15.9 Å². The topological polar surface area (TPSA) is 33.5 Å². The minimum atomic E-state index is -0.136. The van der Waals surface area contributed by atoms with Crippen LogP contribution in [0.2, 0.25) is 0 Å². The average molecular weight is 372 g/mol. The van der Waals surface area contributed by atoms with E-state index in [1.54, 1.807) is 11.9 Å². The molecule has 1 heterocycles. The summed E-state index contributed by atoms with van der Waals surface area (Å²) in [7, 11) is 1.78. The van der Waals surface area contributed by atoms with E-state index in [4.69, 9.17) is 4.42 Å². The van der Waals surface area contributed by atoms with E-state index in [0.717, 1.165) is 37.8 Å². The lowest BCUT2D eigenvalue weighted by atomic mass is 10.1. The number of halogens is 1. The van der Waals surface area contributed by atoms with Crippen LogP contribution in [0.4, 0.5) is 5.69 Å². The Morgan fingerprint density at radius 1 is 1.09 bits per heavy atom. The zero-order valence-electron chi connectivity index (χ0n) is 13.6. The highest BCUT2D eigenvalue weighted by Gasteiger charge is 2.23. The number of benzene rings is 2. The first-order chi connectivity index (χ1) is 10.9. The van der Waals surface area contributed by atoms with E-state index in [0.29, 0.717) is 5.76 Å². The van der Waals surface area contributed by atoms with Gasteiger partial charge in [0.15, 0.2) is 5.76 Å². The molecule has 0 aliphatic carbocycles. The van der Waals surface area contributed by atoms with Crippen molar-refractivity contribution in [3.05, 3.63) is 63.3 Å². The maximum absolute atomic E-state index is 12.9. The minimum absolute atomic E-state index is 0.136. The quantitative estimate of drug-likeness (QED) is 0.604. The second-order valence-electron chi connectivity index (χ2n) is 5.78. The van der Waals surface area contributed by atoms with Crippen molar-refractivity contribution in [1.29, 1.82) is 0 Å². The third kappa shape index (κ3) is 2.68. The largest absolute Gasteiger partial charge is 0.451 e. The number of carbonyl (C=O) groups is 1. The molecule has 0 unspecified atom stereocenters. The summed E-state index contributed by atoms with van der Waals surface area (Å²) in [5, 5.41) is 0.956. The van der Waals surface area contributed by atoms with Crippen molar-refractivity contribution in [2.24, 2.45) is 0 Å². The van der Waals surface area contributed by atoms with Gasteiger partial charge < -0.3 is 9.32 Å². The molecule has 1 aromatic heterocycles. The van der Waals surface area contributed by atoms with Crippen molar-refractivity contribution in [3.8, 4) is 0 Å². The summed E-state index contributed by atoms with van der Waals surface area (Å²) in [6.07, 6.45) is 0. The minimum Gasteiger partial charge on any atom is -0.451 e. The summed E-state index contributed by atoms with van der Waals surface area (Å²) < 4.78 is 6.78. The van der Waals surface area contributed by atoms with Crippen molar-refractivity contribution >= 4 is 38.5 Å². The van der Waals surface area contributed by atoms with Gasteiger partial charge in [0.05, 0.1) is 0 Å². The van der Waals surface area contributed by atoms with Gasteiger partial charge in [0.1, 0.15) is 5.58 Å². The van der Waals surface area contributed by atoms with Gasteiger partial charge in [-0.1, -0.05) is 28.1 Å². The molecular weight excluding hydrogens is 354 g/mol. The number of fused-ring (bicyclic) bond motifs is 1.